The highest BCUT2D eigenvalue weighted by atomic mass is 32.2. The molecule has 1 amide bonds. The Bertz CT molecular complexity index is 412. The van der Waals surface area contributed by atoms with Crippen LogP contribution in [0.5, 0.6) is 0 Å². The minimum Gasteiger partial charge on any atom is -0.338 e. The van der Waals surface area contributed by atoms with Crippen LogP contribution in [-0.4, -0.2) is 35.2 Å². The van der Waals surface area contributed by atoms with Crippen LogP contribution < -0.4 is 5.73 Å². The van der Waals surface area contributed by atoms with Gasteiger partial charge in [-0.05, 0) is 30.3 Å². The first-order valence-corrected chi connectivity index (χ1v) is 7.13. The fraction of sp³-hybridized carbons (Fsp3) is 0.462. The van der Waals surface area contributed by atoms with Crippen molar-refractivity contribution in [3.63, 3.8) is 0 Å². The molecular weight excluding hydrogens is 289 g/mol. The Balaban J connectivity index is 2.61. The number of halogens is 3. The molecule has 0 saturated heterocycles. The first-order valence-electron chi connectivity index (χ1n) is 6.15. The highest BCUT2D eigenvalue weighted by Crippen LogP contribution is 2.30. The van der Waals surface area contributed by atoms with Gasteiger partial charge in [0.05, 0.1) is 5.75 Å². The smallest absolute Gasteiger partial charge is 0.338 e. The largest absolute Gasteiger partial charge is 0.442 e. The zero-order valence-electron chi connectivity index (χ0n) is 10.9. The molecular formula is C13H17F3N2OS. The lowest BCUT2D eigenvalue weighted by atomic mass is 10.2. The Hall–Kier alpha value is -1.21. The van der Waals surface area contributed by atoms with E-state index in [1.165, 1.54) is 4.90 Å². The second-order valence-electron chi connectivity index (χ2n) is 4.18. The number of amides is 1. The van der Waals surface area contributed by atoms with E-state index < -0.39 is 17.2 Å². The Morgan fingerprint density at radius 1 is 1.25 bits per heavy atom. The van der Waals surface area contributed by atoms with Crippen LogP contribution in [0, 0.1) is 0 Å². The van der Waals surface area contributed by atoms with Gasteiger partial charge in [-0.15, -0.1) is 0 Å². The highest BCUT2D eigenvalue weighted by molar-refractivity contribution is 8.00. The van der Waals surface area contributed by atoms with Gasteiger partial charge in [0.25, 0.3) is 0 Å². The van der Waals surface area contributed by atoms with Gasteiger partial charge in [-0.3, -0.25) is 4.79 Å². The number of nitrogens with two attached hydrogens (primary N) is 1. The summed E-state index contributed by atoms with van der Waals surface area (Å²) in [7, 11) is 0. The lowest BCUT2D eigenvalue weighted by Gasteiger charge is -2.22. The van der Waals surface area contributed by atoms with Crippen LogP contribution in [0.1, 0.15) is 12.0 Å². The van der Waals surface area contributed by atoms with Crippen molar-refractivity contribution in [3.05, 3.63) is 35.9 Å². The SMILES string of the molecule is NCCCN(Cc1ccccc1)C(=O)CSC(F)(F)F. The molecule has 0 unspecified atom stereocenters. The van der Waals surface area contributed by atoms with Crippen LogP contribution in [0.2, 0.25) is 0 Å². The van der Waals surface area contributed by atoms with E-state index in [0.717, 1.165) is 5.56 Å². The zero-order valence-corrected chi connectivity index (χ0v) is 11.7. The normalized spacial score (nSPS) is 11.4. The molecule has 0 heterocycles. The summed E-state index contributed by atoms with van der Waals surface area (Å²) >= 11 is -0.308. The maximum atomic E-state index is 12.1. The molecule has 1 rings (SSSR count). The number of benzene rings is 1. The van der Waals surface area contributed by atoms with Crippen LogP contribution in [0.3, 0.4) is 0 Å². The third-order valence-electron chi connectivity index (χ3n) is 2.56. The number of thioether (sulfide) groups is 1. The molecule has 0 aliphatic heterocycles. The van der Waals surface area contributed by atoms with Crippen molar-refractivity contribution in [1.82, 2.24) is 4.90 Å². The minimum atomic E-state index is -4.39. The molecule has 112 valence electrons. The molecule has 0 bridgehead atoms. The van der Waals surface area contributed by atoms with Crippen molar-refractivity contribution in [3.8, 4) is 0 Å². The molecule has 0 atom stereocenters. The van der Waals surface area contributed by atoms with Gasteiger partial charge in [0.1, 0.15) is 0 Å². The first-order chi connectivity index (χ1) is 9.42. The molecule has 20 heavy (non-hydrogen) atoms. The van der Waals surface area contributed by atoms with Gasteiger partial charge in [-0.1, -0.05) is 30.3 Å². The molecule has 0 spiro atoms. The van der Waals surface area contributed by atoms with Crippen LogP contribution in [-0.2, 0) is 11.3 Å². The van der Waals surface area contributed by atoms with Crippen molar-refractivity contribution in [2.45, 2.75) is 18.5 Å². The van der Waals surface area contributed by atoms with Gasteiger partial charge in [-0.2, -0.15) is 13.2 Å². The van der Waals surface area contributed by atoms with Crippen molar-refractivity contribution in [2.75, 3.05) is 18.8 Å². The molecule has 0 aromatic heterocycles. The molecule has 1 aromatic carbocycles. The molecule has 0 aliphatic carbocycles. The van der Waals surface area contributed by atoms with Gasteiger partial charge in [-0.25, -0.2) is 0 Å². The lowest BCUT2D eigenvalue weighted by molar-refractivity contribution is -0.129. The van der Waals surface area contributed by atoms with Crippen molar-refractivity contribution in [2.24, 2.45) is 5.73 Å². The summed E-state index contributed by atoms with van der Waals surface area (Å²) in [4.78, 5) is 13.3. The maximum Gasteiger partial charge on any atom is 0.442 e. The van der Waals surface area contributed by atoms with Crippen LogP contribution >= 0.6 is 11.8 Å². The van der Waals surface area contributed by atoms with E-state index in [0.29, 0.717) is 26.1 Å². The Labute approximate surface area is 120 Å². The van der Waals surface area contributed by atoms with Gasteiger partial charge in [0.2, 0.25) is 5.91 Å². The number of nitrogens with zero attached hydrogens (tertiary/aromatic N) is 1. The topological polar surface area (TPSA) is 46.3 Å². The van der Waals surface area contributed by atoms with E-state index in [4.69, 9.17) is 5.73 Å². The second-order valence-corrected chi connectivity index (χ2v) is 5.22. The molecule has 0 fully saturated rings. The molecule has 0 aliphatic rings. The monoisotopic (exact) mass is 306 g/mol. The number of hydrogen-bond donors (Lipinski definition) is 1. The van der Waals surface area contributed by atoms with Gasteiger partial charge in [0, 0.05) is 13.1 Å². The van der Waals surface area contributed by atoms with E-state index in [1.54, 1.807) is 0 Å². The minimum absolute atomic E-state index is 0.304. The molecule has 0 radical (unpaired) electrons. The van der Waals surface area contributed by atoms with Gasteiger partial charge in [0.15, 0.2) is 0 Å². The van der Waals surface area contributed by atoms with E-state index in [2.05, 4.69) is 0 Å². The zero-order chi connectivity index (χ0) is 15.0. The summed E-state index contributed by atoms with van der Waals surface area (Å²) in [5.41, 5.74) is 1.89. The van der Waals surface area contributed by atoms with Crippen LogP contribution in [0.15, 0.2) is 30.3 Å². The summed E-state index contributed by atoms with van der Waals surface area (Å²) in [6, 6.07) is 9.16. The predicted octanol–water partition coefficient (Wildman–Crippen LogP) is 2.62. The highest BCUT2D eigenvalue weighted by Gasteiger charge is 2.30. The average Bonchev–Trinajstić information content (AvgIpc) is 2.41. The van der Waals surface area contributed by atoms with E-state index in [-0.39, 0.29) is 11.8 Å². The molecule has 2 N–H and O–H groups in total. The number of hydrogen-bond acceptors (Lipinski definition) is 3. The summed E-state index contributed by atoms with van der Waals surface area (Å²) in [5, 5.41) is 0. The summed E-state index contributed by atoms with van der Waals surface area (Å²) in [5.74, 6) is -1.12. The van der Waals surface area contributed by atoms with E-state index in [1.807, 2.05) is 30.3 Å². The predicted molar refractivity (Wildman–Crippen MR) is 74.0 cm³/mol. The van der Waals surface area contributed by atoms with Crippen LogP contribution in [0.25, 0.3) is 0 Å². The molecule has 3 nitrogen and oxygen atoms in total. The molecule has 0 saturated carbocycles. The van der Waals surface area contributed by atoms with Crippen LogP contribution in [0.4, 0.5) is 13.2 Å². The van der Waals surface area contributed by atoms with Gasteiger partial charge >= 0.3 is 5.51 Å². The molecule has 7 heteroatoms. The number of rotatable bonds is 7. The standard InChI is InChI=1S/C13H17F3N2OS/c14-13(15,16)20-10-12(19)18(8-4-7-17)9-11-5-2-1-3-6-11/h1-3,5-6H,4,7-10,17H2. The fourth-order valence-corrected chi connectivity index (χ4v) is 2.08. The maximum absolute atomic E-state index is 12.1. The molecule has 1 aromatic rings. The van der Waals surface area contributed by atoms with Gasteiger partial charge < -0.3 is 10.6 Å². The Morgan fingerprint density at radius 2 is 1.90 bits per heavy atom. The lowest BCUT2D eigenvalue weighted by Crippen LogP contribution is -2.34. The summed E-state index contributed by atoms with van der Waals surface area (Å²) in [6.45, 7) is 1.06. The van der Waals surface area contributed by atoms with E-state index in [9.17, 15) is 18.0 Å². The third kappa shape index (κ3) is 6.81. The number of carbonyl (C=O) groups excluding carboxylic acids is 1. The summed E-state index contributed by atoms with van der Waals surface area (Å²) < 4.78 is 36.4. The van der Waals surface area contributed by atoms with Crippen molar-refractivity contribution < 1.29 is 18.0 Å². The second kappa shape index (κ2) is 8.16. The third-order valence-corrected chi connectivity index (χ3v) is 3.28. The summed E-state index contributed by atoms with van der Waals surface area (Å²) in [6.07, 6.45) is 0.565. The van der Waals surface area contributed by atoms with Crippen molar-refractivity contribution >= 4 is 17.7 Å². The quantitative estimate of drug-likeness (QED) is 0.842. The number of carbonyl (C=O) groups is 1. The Morgan fingerprint density at radius 3 is 2.45 bits per heavy atom. The van der Waals surface area contributed by atoms with Crippen molar-refractivity contribution in [1.29, 1.82) is 0 Å². The Kier molecular flexibility index (Phi) is 6.87. The first kappa shape index (κ1) is 16.8. The average molecular weight is 306 g/mol. The van der Waals surface area contributed by atoms with E-state index >= 15 is 0 Å². The fourth-order valence-electron chi connectivity index (χ4n) is 1.61. The number of alkyl halides is 3.